The van der Waals surface area contributed by atoms with Crippen molar-refractivity contribution >= 4 is 11.6 Å². The largest absolute Gasteiger partial charge is 0.416 e. The number of morpholine rings is 1. The van der Waals surface area contributed by atoms with Crippen LogP contribution in [0.3, 0.4) is 0 Å². The van der Waals surface area contributed by atoms with Crippen LogP contribution < -0.4 is 5.32 Å². The maximum atomic E-state index is 12.7. The van der Waals surface area contributed by atoms with Crippen molar-refractivity contribution in [2.45, 2.75) is 19.1 Å². The van der Waals surface area contributed by atoms with Gasteiger partial charge in [-0.2, -0.15) is 13.2 Å². The Morgan fingerprint density at radius 1 is 1.36 bits per heavy atom. The van der Waals surface area contributed by atoms with E-state index in [9.17, 15) is 18.0 Å². The summed E-state index contributed by atoms with van der Waals surface area (Å²) >= 11 is 0. The molecular formula is C17H24F3N3O2. The summed E-state index contributed by atoms with van der Waals surface area (Å²) in [5.41, 5.74) is -0.633. The van der Waals surface area contributed by atoms with E-state index in [1.807, 2.05) is 11.9 Å². The van der Waals surface area contributed by atoms with E-state index in [0.29, 0.717) is 6.54 Å². The lowest BCUT2D eigenvalue weighted by atomic mass is 10.2. The number of carbonyl (C=O) groups is 1. The molecule has 1 N–H and O–H groups in total. The Labute approximate surface area is 145 Å². The van der Waals surface area contributed by atoms with Gasteiger partial charge in [-0.05, 0) is 32.2 Å². The smallest absolute Gasteiger partial charge is 0.379 e. The van der Waals surface area contributed by atoms with Crippen LogP contribution in [0.15, 0.2) is 24.3 Å². The second kappa shape index (κ2) is 8.64. The zero-order valence-corrected chi connectivity index (χ0v) is 14.5. The van der Waals surface area contributed by atoms with Crippen molar-refractivity contribution in [1.82, 2.24) is 9.80 Å². The molecule has 0 bridgehead atoms. The Kier molecular flexibility index (Phi) is 6.80. The number of ether oxygens (including phenoxy) is 1. The lowest BCUT2D eigenvalue weighted by molar-refractivity contribution is -0.137. The molecule has 1 fully saturated rings. The maximum Gasteiger partial charge on any atom is 0.416 e. The highest BCUT2D eigenvalue weighted by molar-refractivity contribution is 5.94. The highest BCUT2D eigenvalue weighted by Crippen LogP contribution is 2.30. The van der Waals surface area contributed by atoms with Crippen molar-refractivity contribution < 1.29 is 22.7 Å². The van der Waals surface area contributed by atoms with Gasteiger partial charge >= 0.3 is 6.18 Å². The number of hydrogen-bond acceptors (Lipinski definition) is 4. The summed E-state index contributed by atoms with van der Waals surface area (Å²) in [4.78, 5) is 16.4. The van der Waals surface area contributed by atoms with Gasteiger partial charge in [-0.3, -0.25) is 14.6 Å². The number of hydrogen-bond donors (Lipinski definition) is 1. The molecule has 25 heavy (non-hydrogen) atoms. The molecule has 1 aliphatic heterocycles. The summed E-state index contributed by atoms with van der Waals surface area (Å²) in [7, 11) is 1.83. The number of nitrogens with one attached hydrogen (secondary N) is 1. The number of alkyl halides is 3. The Morgan fingerprint density at radius 3 is 2.68 bits per heavy atom. The number of halogens is 3. The fraction of sp³-hybridized carbons (Fsp3) is 0.588. The van der Waals surface area contributed by atoms with E-state index in [1.165, 1.54) is 12.1 Å². The van der Waals surface area contributed by atoms with Crippen LogP contribution in [-0.4, -0.2) is 68.2 Å². The van der Waals surface area contributed by atoms with Gasteiger partial charge in [0.25, 0.3) is 0 Å². The standard InChI is InChI=1S/C17H24F3N3O2/c1-13(22(2)6-7-23-8-10-25-11-9-23)16(24)21-15-5-3-4-14(12-15)17(18,19)20/h3-5,12-13H,6-11H2,1-2H3,(H,21,24)/t13-/m1/s1. The van der Waals surface area contributed by atoms with E-state index in [4.69, 9.17) is 4.74 Å². The molecule has 0 unspecified atom stereocenters. The number of rotatable bonds is 6. The number of amides is 1. The van der Waals surface area contributed by atoms with Crippen LogP contribution in [0.25, 0.3) is 0 Å². The number of carbonyl (C=O) groups excluding carboxylic acids is 1. The number of anilines is 1. The molecule has 8 heteroatoms. The molecule has 1 saturated heterocycles. The van der Waals surface area contributed by atoms with E-state index in [0.717, 1.165) is 45.0 Å². The van der Waals surface area contributed by atoms with Gasteiger partial charge in [0.05, 0.1) is 24.8 Å². The predicted octanol–water partition coefficient (Wildman–Crippen LogP) is 2.30. The van der Waals surface area contributed by atoms with Crippen molar-refractivity contribution in [2.24, 2.45) is 0 Å². The van der Waals surface area contributed by atoms with Crippen molar-refractivity contribution in [1.29, 1.82) is 0 Å². The van der Waals surface area contributed by atoms with Crippen LogP contribution in [0, 0.1) is 0 Å². The first-order chi connectivity index (χ1) is 11.8. The van der Waals surface area contributed by atoms with Gasteiger partial charge in [0.15, 0.2) is 0 Å². The summed E-state index contributed by atoms with van der Waals surface area (Å²) < 4.78 is 43.5. The Morgan fingerprint density at radius 2 is 2.04 bits per heavy atom. The molecule has 0 spiro atoms. The van der Waals surface area contributed by atoms with Gasteiger partial charge in [0.2, 0.25) is 5.91 Å². The molecular weight excluding hydrogens is 335 g/mol. The SMILES string of the molecule is C[C@H](C(=O)Nc1cccc(C(F)(F)F)c1)N(C)CCN1CCOCC1. The van der Waals surface area contributed by atoms with E-state index in [2.05, 4.69) is 10.2 Å². The summed E-state index contributed by atoms with van der Waals surface area (Å²) in [6.07, 6.45) is -4.43. The lowest BCUT2D eigenvalue weighted by Gasteiger charge is -2.30. The summed E-state index contributed by atoms with van der Waals surface area (Å²) in [6, 6.07) is 4.21. The van der Waals surface area contributed by atoms with Crippen LogP contribution in [0.4, 0.5) is 18.9 Å². The van der Waals surface area contributed by atoms with E-state index >= 15 is 0 Å². The molecule has 1 aliphatic rings. The van der Waals surface area contributed by atoms with E-state index in [1.54, 1.807) is 6.92 Å². The Balaban J connectivity index is 1.86. The molecule has 1 aromatic carbocycles. The molecule has 5 nitrogen and oxygen atoms in total. The van der Waals surface area contributed by atoms with Crippen molar-refractivity contribution in [2.75, 3.05) is 51.8 Å². The third-order valence-corrected chi connectivity index (χ3v) is 4.37. The average Bonchev–Trinajstić information content (AvgIpc) is 2.59. The molecule has 1 aromatic rings. The first kappa shape index (κ1) is 19.7. The van der Waals surface area contributed by atoms with Crippen LogP contribution >= 0.6 is 0 Å². The second-order valence-corrected chi connectivity index (χ2v) is 6.18. The quantitative estimate of drug-likeness (QED) is 0.847. The van der Waals surface area contributed by atoms with Crippen LogP contribution in [0.5, 0.6) is 0 Å². The van der Waals surface area contributed by atoms with Crippen molar-refractivity contribution in [3.05, 3.63) is 29.8 Å². The minimum Gasteiger partial charge on any atom is -0.379 e. The molecule has 140 valence electrons. The first-order valence-corrected chi connectivity index (χ1v) is 8.26. The highest BCUT2D eigenvalue weighted by Gasteiger charge is 2.30. The molecule has 1 heterocycles. The van der Waals surface area contributed by atoms with E-state index in [-0.39, 0.29) is 11.6 Å². The third-order valence-electron chi connectivity index (χ3n) is 4.37. The van der Waals surface area contributed by atoms with Crippen LogP contribution in [0.1, 0.15) is 12.5 Å². The lowest BCUT2D eigenvalue weighted by Crippen LogP contribution is -2.45. The van der Waals surface area contributed by atoms with Crippen molar-refractivity contribution in [3.63, 3.8) is 0 Å². The van der Waals surface area contributed by atoms with Crippen LogP contribution in [-0.2, 0) is 15.7 Å². The monoisotopic (exact) mass is 359 g/mol. The first-order valence-electron chi connectivity index (χ1n) is 8.26. The highest BCUT2D eigenvalue weighted by atomic mass is 19.4. The fourth-order valence-electron chi connectivity index (χ4n) is 2.54. The molecule has 2 rings (SSSR count). The molecule has 0 aromatic heterocycles. The summed E-state index contributed by atoms with van der Waals surface area (Å²) in [5, 5.41) is 2.56. The van der Waals surface area contributed by atoms with Crippen LogP contribution in [0.2, 0.25) is 0 Å². The summed E-state index contributed by atoms with van der Waals surface area (Å²) in [5.74, 6) is -0.330. The Hall–Kier alpha value is -1.64. The molecule has 0 aliphatic carbocycles. The zero-order chi connectivity index (χ0) is 18.4. The van der Waals surface area contributed by atoms with Gasteiger partial charge in [-0.1, -0.05) is 6.07 Å². The topological polar surface area (TPSA) is 44.8 Å². The van der Waals surface area contributed by atoms with Gasteiger partial charge in [0, 0.05) is 31.9 Å². The minimum absolute atomic E-state index is 0.147. The van der Waals surface area contributed by atoms with Gasteiger partial charge in [-0.15, -0.1) is 0 Å². The molecule has 0 saturated carbocycles. The predicted molar refractivity (Wildman–Crippen MR) is 89.4 cm³/mol. The van der Waals surface area contributed by atoms with E-state index < -0.39 is 17.8 Å². The fourth-order valence-corrected chi connectivity index (χ4v) is 2.54. The maximum absolute atomic E-state index is 12.7. The summed E-state index contributed by atoms with van der Waals surface area (Å²) in [6.45, 7) is 6.43. The third kappa shape index (κ3) is 5.98. The number of nitrogens with zero attached hydrogens (tertiary/aromatic N) is 2. The van der Waals surface area contributed by atoms with Gasteiger partial charge in [-0.25, -0.2) is 0 Å². The van der Waals surface area contributed by atoms with Gasteiger partial charge < -0.3 is 10.1 Å². The Bertz CT molecular complexity index is 575. The average molecular weight is 359 g/mol. The molecule has 0 radical (unpaired) electrons. The second-order valence-electron chi connectivity index (χ2n) is 6.18. The minimum atomic E-state index is -4.43. The number of likely N-dealkylation sites (N-methyl/N-ethyl adjacent to an activating group) is 1. The normalized spacial score (nSPS) is 17.5. The molecule has 1 atom stereocenters. The van der Waals surface area contributed by atoms with Gasteiger partial charge in [0.1, 0.15) is 0 Å². The zero-order valence-electron chi connectivity index (χ0n) is 14.5. The number of benzene rings is 1. The van der Waals surface area contributed by atoms with Crippen molar-refractivity contribution in [3.8, 4) is 0 Å². The molecule has 1 amide bonds.